The maximum Gasteiger partial charge on any atom is 0.105 e. The summed E-state index contributed by atoms with van der Waals surface area (Å²) in [5.74, 6) is 1.91. The van der Waals surface area contributed by atoms with Crippen molar-refractivity contribution in [3.05, 3.63) is 58.0 Å². The molecule has 1 nitrogen and oxygen atoms in total. The monoisotopic (exact) mass is 312 g/mol. The Morgan fingerprint density at radius 3 is 2.59 bits per heavy atom. The van der Waals surface area contributed by atoms with Gasteiger partial charge in [-0.25, -0.2) is 0 Å². The number of hydrogen-bond acceptors (Lipinski definition) is 1. The summed E-state index contributed by atoms with van der Waals surface area (Å²) in [6, 6.07) is 10.0. The highest BCUT2D eigenvalue weighted by molar-refractivity contribution is 9.09. The second-order valence-corrected chi connectivity index (χ2v) is 5.64. The molecule has 2 rings (SSSR count). The van der Waals surface area contributed by atoms with Gasteiger partial charge in [0, 0.05) is 15.4 Å². The van der Waals surface area contributed by atoms with Gasteiger partial charge in [-0.3, -0.25) is 0 Å². The average molecular weight is 314 g/mol. The van der Waals surface area contributed by atoms with Crippen molar-refractivity contribution in [1.29, 1.82) is 0 Å². The SMILES string of the molecule is Cc1cc(C(Br)Cc2ccccc2Cl)c(C)o1. The largest absolute Gasteiger partial charge is 0.466 e. The summed E-state index contributed by atoms with van der Waals surface area (Å²) < 4.78 is 5.54. The summed E-state index contributed by atoms with van der Waals surface area (Å²) in [6.07, 6.45) is 0.861. The van der Waals surface area contributed by atoms with Crippen LogP contribution in [0.1, 0.15) is 27.5 Å². The van der Waals surface area contributed by atoms with Crippen LogP contribution in [0.3, 0.4) is 0 Å². The molecular formula is C14H14BrClO. The molecule has 0 bridgehead atoms. The van der Waals surface area contributed by atoms with Gasteiger partial charge in [0.05, 0.1) is 0 Å². The van der Waals surface area contributed by atoms with E-state index in [1.807, 2.05) is 32.0 Å². The van der Waals surface area contributed by atoms with Gasteiger partial charge in [0.2, 0.25) is 0 Å². The van der Waals surface area contributed by atoms with Gasteiger partial charge in [-0.15, -0.1) is 0 Å². The summed E-state index contributed by atoms with van der Waals surface area (Å²) in [7, 11) is 0. The van der Waals surface area contributed by atoms with Gasteiger partial charge in [0.15, 0.2) is 0 Å². The molecular weight excluding hydrogens is 300 g/mol. The number of rotatable bonds is 3. The lowest BCUT2D eigenvalue weighted by Crippen LogP contribution is -1.96. The maximum atomic E-state index is 6.16. The van der Waals surface area contributed by atoms with E-state index in [1.54, 1.807) is 0 Å². The van der Waals surface area contributed by atoms with Gasteiger partial charge >= 0.3 is 0 Å². The third-order valence-electron chi connectivity index (χ3n) is 2.77. The predicted molar refractivity (Wildman–Crippen MR) is 75.0 cm³/mol. The van der Waals surface area contributed by atoms with E-state index in [4.69, 9.17) is 16.0 Å². The zero-order valence-electron chi connectivity index (χ0n) is 9.84. The first-order valence-corrected chi connectivity index (χ1v) is 6.81. The van der Waals surface area contributed by atoms with Crippen molar-refractivity contribution in [3.8, 4) is 0 Å². The molecule has 1 atom stereocenters. The molecule has 0 N–H and O–H groups in total. The van der Waals surface area contributed by atoms with Crippen molar-refractivity contribution in [1.82, 2.24) is 0 Å². The Labute approximate surface area is 115 Å². The van der Waals surface area contributed by atoms with Crippen molar-refractivity contribution >= 4 is 27.5 Å². The van der Waals surface area contributed by atoms with Crippen LogP contribution in [0, 0.1) is 13.8 Å². The van der Waals surface area contributed by atoms with Crippen molar-refractivity contribution in [3.63, 3.8) is 0 Å². The molecule has 0 fully saturated rings. The molecule has 0 amide bonds. The number of halogens is 2. The minimum Gasteiger partial charge on any atom is -0.466 e. The van der Waals surface area contributed by atoms with Gasteiger partial charge in [-0.1, -0.05) is 45.7 Å². The quantitative estimate of drug-likeness (QED) is 0.707. The minimum absolute atomic E-state index is 0.236. The topological polar surface area (TPSA) is 13.1 Å². The Morgan fingerprint density at radius 1 is 1.29 bits per heavy atom. The average Bonchev–Trinajstić information content (AvgIpc) is 2.61. The maximum absolute atomic E-state index is 6.16. The van der Waals surface area contributed by atoms with Crippen molar-refractivity contribution in [2.24, 2.45) is 0 Å². The molecule has 1 unspecified atom stereocenters. The molecule has 1 heterocycles. The van der Waals surface area contributed by atoms with Crippen LogP contribution in [-0.4, -0.2) is 0 Å². The summed E-state index contributed by atoms with van der Waals surface area (Å²) >= 11 is 9.86. The van der Waals surface area contributed by atoms with Crippen LogP contribution >= 0.6 is 27.5 Å². The first-order valence-electron chi connectivity index (χ1n) is 5.52. The summed E-state index contributed by atoms with van der Waals surface area (Å²) in [5, 5.41) is 0.815. The lowest BCUT2D eigenvalue weighted by molar-refractivity contribution is 0.501. The van der Waals surface area contributed by atoms with Crippen LogP contribution in [0.25, 0.3) is 0 Å². The fraction of sp³-hybridized carbons (Fsp3) is 0.286. The molecule has 1 aromatic heterocycles. The van der Waals surface area contributed by atoms with E-state index in [2.05, 4.69) is 28.1 Å². The van der Waals surface area contributed by atoms with E-state index < -0.39 is 0 Å². The van der Waals surface area contributed by atoms with Crippen LogP contribution < -0.4 is 0 Å². The van der Waals surface area contributed by atoms with Gasteiger partial charge in [-0.2, -0.15) is 0 Å². The van der Waals surface area contributed by atoms with Gasteiger partial charge < -0.3 is 4.42 Å². The molecule has 3 heteroatoms. The number of aryl methyl sites for hydroxylation is 2. The zero-order chi connectivity index (χ0) is 12.4. The highest BCUT2D eigenvalue weighted by Gasteiger charge is 2.15. The number of alkyl halides is 1. The summed E-state index contributed by atoms with van der Waals surface area (Å²) in [6.45, 7) is 3.95. The van der Waals surface area contributed by atoms with E-state index in [1.165, 1.54) is 5.56 Å². The standard InChI is InChI=1S/C14H14BrClO/c1-9-7-12(10(2)17-9)13(15)8-11-5-3-4-6-14(11)16/h3-7,13H,8H2,1-2H3. The number of furan rings is 1. The number of hydrogen-bond donors (Lipinski definition) is 0. The first kappa shape index (κ1) is 12.7. The Balaban J connectivity index is 2.20. The van der Waals surface area contributed by atoms with Gasteiger partial charge in [0.25, 0.3) is 0 Å². The molecule has 0 saturated carbocycles. The van der Waals surface area contributed by atoms with Crippen LogP contribution in [-0.2, 0) is 6.42 Å². The van der Waals surface area contributed by atoms with Gasteiger partial charge in [0.1, 0.15) is 11.5 Å². The molecule has 1 aromatic carbocycles. The fourth-order valence-electron chi connectivity index (χ4n) is 1.93. The van der Waals surface area contributed by atoms with E-state index in [0.29, 0.717) is 0 Å². The first-order chi connectivity index (χ1) is 8.08. The lowest BCUT2D eigenvalue weighted by atomic mass is 10.0. The van der Waals surface area contributed by atoms with E-state index in [-0.39, 0.29) is 4.83 Å². The van der Waals surface area contributed by atoms with E-state index >= 15 is 0 Å². The van der Waals surface area contributed by atoms with E-state index in [0.717, 1.165) is 28.5 Å². The lowest BCUT2D eigenvalue weighted by Gasteiger charge is -2.10. The Morgan fingerprint density at radius 2 is 2.00 bits per heavy atom. The molecule has 2 aromatic rings. The second-order valence-electron chi connectivity index (χ2n) is 4.13. The summed E-state index contributed by atoms with van der Waals surface area (Å²) in [4.78, 5) is 0.236. The smallest absolute Gasteiger partial charge is 0.105 e. The minimum atomic E-state index is 0.236. The molecule has 17 heavy (non-hydrogen) atoms. The Bertz CT molecular complexity index is 519. The third-order valence-corrected chi connectivity index (χ3v) is 3.96. The van der Waals surface area contributed by atoms with E-state index in [9.17, 15) is 0 Å². The highest BCUT2D eigenvalue weighted by atomic mass is 79.9. The van der Waals surface area contributed by atoms with Gasteiger partial charge in [-0.05, 0) is 38.0 Å². The molecule has 90 valence electrons. The molecule has 0 aliphatic rings. The highest BCUT2D eigenvalue weighted by Crippen LogP contribution is 2.33. The Kier molecular flexibility index (Phi) is 3.95. The normalized spacial score (nSPS) is 12.7. The van der Waals surface area contributed by atoms with Crippen LogP contribution in [0.15, 0.2) is 34.7 Å². The molecule has 0 spiro atoms. The van der Waals surface area contributed by atoms with Crippen molar-refractivity contribution in [2.75, 3.05) is 0 Å². The van der Waals surface area contributed by atoms with Crippen LogP contribution in [0.5, 0.6) is 0 Å². The second kappa shape index (κ2) is 5.28. The molecule has 0 aliphatic heterocycles. The van der Waals surface area contributed by atoms with Crippen LogP contribution in [0.4, 0.5) is 0 Å². The van der Waals surface area contributed by atoms with Crippen LogP contribution in [0.2, 0.25) is 5.02 Å². The fourth-order valence-corrected chi connectivity index (χ4v) is 2.94. The van der Waals surface area contributed by atoms with Crippen molar-refractivity contribution < 1.29 is 4.42 Å². The predicted octanol–water partition coefficient (Wildman–Crippen LogP) is 5.23. The Hall–Kier alpha value is -0.730. The third kappa shape index (κ3) is 2.93. The van der Waals surface area contributed by atoms with Crippen molar-refractivity contribution in [2.45, 2.75) is 25.1 Å². The zero-order valence-corrected chi connectivity index (χ0v) is 12.2. The molecule has 0 aliphatic carbocycles. The number of benzene rings is 1. The summed E-state index contributed by atoms with van der Waals surface area (Å²) in [5.41, 5.74) is 2.34. The molecule has 0 saturated heterocycles. The molecule has 0 radical (unpaired) electrons.